The van der Waals surface area contributed by atoms with Crippen molar-refractivity contribution < 1.29 is 41.0 Å². The molecule has 5 aliphatic rings. The van der Waals surface area contributed by atoms with Crippen LogP contribution >= 0.6 is 0 Å². The minimum atomic E-state index is -0.116. The van der Waals surface area contributed by atoms with Crippen LogP contribution in [0.5, 0.6) is 0 Å². The number of nitrogens with one attached hydrogen (secondary N) is 9. The topological polar surface area (TPSA) is 466 Å². The molecule has 0 aromatic heterocycles. The summed E-state index contributed by atoms with van der Waals surface area (Å²) < 4.78 is 0. The van der Waals surface area contributed by atoms with E-state index in [1.165, 1.54) is 6.21 Å². The minimum Gasteiger partial charge on any atom is -0.697 e. The number of nitrogens with zero attached hydrogens (tertiary/aromatic N) is 13. The van der Waals surface area contributed by atoms with E-state index in [2.05, 4.69) is 117 Å². The van der Waals surface area contributed by atoms with Gasteiger partial charge in [-0.1, -0.05) is 11.7 Å². The monoisotopic (exact) mass is 778 g/mol. The summed E-state index contributed by atoms with van der Waals surface area (Å²) in [5.41, 5.74) is 3.40. The average Bonchev–Trinajstić information content (AvgIpc) is 4.05. The van der Waals surface area contributed by atoms with Gasteiger partial charge in [-0.05, 0) is 6.92 Å². The molecule has 0 spiro atoms. The van der Waals surface area contributed by atoms with E-state index in [9.17, 15) is 21.0 Å². The van der Waals surface area contributed by atoms with E-state index in [0.29, 0.717) is 31.6 Å². The molecule has 0 amide bonds. The van der Waals surface area contributed by atoms with Crippen molar-refractivity contribution in [3.8, 4) is 0 Å². The highest BCUT2D eigenvalue weighted by atomic mass is 17.2. The lowest BCUT2D eigenvalue weighted by Crippen LogP contribution is -2.29. The summed E-state index contributed by atoms with van der Waals surface area (Å²) in [5.74, 6) is 2.53. The molecule has 0 bridgehead atoms. The quantitative estimate of drug-likeness (QED) is 0.0222. The Labute approximate surface area is 303 Å². The lowest BCUT2D eigenvalue weighted by atomic mass is 10.5. The van der Waals surface area contributed by atoms with Gasteiger partial charge in [-0.25, -0.2) is 0 Å². The van der Waals surface area contributed by atoms with Crippen LogP contribution in [-0.2, 0) is 20.0 Å². The maximum atomic E-state index is 9.58. The maximum Gasteiger partial charge on any atom is 0.240 e. The molecular weight excluding hydrogens is 740 g/mol. The standard InChI is InChI=1S/C4H8N6O4.2C4H8N4O2.C4H10N2.C4H8N2.2N2O2/c11-13-9-7-4(8-10-14-12)3-5-1-2-6-3;2*9-10-8-7-3-4-5-1-2-6-4;2*1-4-5-2-3-6-4;2*3-1-2-4/h9,11-12H,1-2H2,(H,5,6);9H,1-3H2,(H,5,6);3,8-9H,1-2H2,(H,5,6);4-6H,2-3H2,1H3;5-6H,1-3H2;;/p-4. The van der Waals surface area contributed by atoms with Crippen molar-refractivity contribution in [1.82, 2.24) is 48.4 Å². The Balaban J connectivity index is 0. The summed E-state index contributed by atoms with van der Waals surface area (Å²) in [6, 6.07) is 0. The lowest BCUT2D eigenvalue weighted by Gasteiger charge is -2.05. The molecule has 0 aliphatic carbocycles. The van der Waals surface area contributed by atoms with E-state index in [1.807, 2.05) is 0 Å². The van der Waals surface area contributed by atoms with Gasteiger partial charge in [0.2, 0.25) is 5.84 Å². The third-order valence-electron chi connectivity index (χ3n) is 5.17. The van der Waals surface area contributed by atoms with Gasteiger partial charge in [-0.3, -0.25) is 15.0 Å². The SMILES string of the molecule is C=C1NCCN1.CC1NCCN1.O=NN=O.O=NN=O.[O-]ON=NC(=NNO[O-])C1=NCCN1.[O-]ON=NCC1=NCCN1.[O-]ONN=CC1=NCCN1. The number of amidine groups is 4. The van der Waals surface area contributed by atoms with Crippen LogP contribution in [-0.4, -0.2) is 108 Å². The molecule has 0 unspecified atom stereocenters. The van der Waals surface area contributed by atoms with Crippen LogP contribution in [0, 0.1) is 19.6 Å². The summed E-state index contributed by atoms with van der Waals surface area (Å²) in [5, 5.41) is 83.8. The van der Waals surface area contributed by atoms with Crippen LogP contribution in [0.25, 0.3) is 0 Å². The molecule has 9 N–H and O–H groups in total. The normalized spacial score (nSPS) is 16.4. The second-order valence-corrected chi connectivity index (χ2v) is 8.65. The van der Waals surface area contributed by atoms with Crippen LogP contribution in [0.4, 0.5) is 0 Å². The van der Waals surface area contributed by atoms with Gasteiger partial charge in [0, 0.05) is 56.4 Å². The highest BCUT2D eigenvalue weighted by Crippen LogP contribution is 1.92. The molecule has 5 rings (SSSR count). The Morgan fingerprint density at radius 1 is 0.759 bits per heavy atom. The summed E-state index contributed by atoms with van der Waals surface area (Å²) in [6.07, 6.45) is 1.93. The zero-order chi connectivity index (χ0) is 40.3. The largest absolute Gasteiger partial charge is 0.697 e. The van der Waals surface area contributed by atoms with Crippen LogP contribution in [0.3, 0.4) is 0 Å². The fourth-order valence-corrected chi connectivity index (χ4v) is 3.21. The minimum absolute atomic E-state index is 0.116. The van der Waals surface area contributed by atoms with Gasteiger partial charge in [0.05, 0.1) is 37.8 Å². The van der Waals surface area contributed by atoms with Crippen molar-refractivity contribution in [3.05, 3.63) is 32.0 Å². The molecule has 0 aromatic carbocycles. The first-order valence-electron chi connectivity index (χ1n) is 14.7. The third kappa shape index (κ3) is 32.8. The Hall–Kier alpha value is -6.43. The molecule has 304 valence electrons. The Bertz CT molecular complexity index is 1200. The molecule has 5 aliphatic heterocycles. The predicted molar refractivity (Wildman–Crippen MR) is 176 cm³/mol. The molecule has 0 radical (unpaired) electrons. The fraction of sp³-hybridized carbons (Fsp3) is 0.650. The molecule has 2 fully saturated rings. The van der Waals surface area contributed by atoms with Gasteiger partial charge in [-0.2, -0.15) is 16.3 Å². The second kappa shape index (κ2) is 39.4. The smallest absolute Gasteiger partial charge is 0.240 e. The van der Waals surface area contributed by atoms with Crippen molar-refractivity contribution >= 4 is 29.6 Å². The zero-order valence-electron chi connectivity index (χ0n) is 28.4. The highest BCUT2D eigenvalue weighted by Gasteiger charge is 2.12. The van der Waals surface area contributed by atoms with Gasteiger partial charge < -0.3 is 78.2 Å². The van der Waals surface area contributed by atoms with Crippen LogP contribution in [0.1, 0.15) is 6.92 Å². The van der Waals surface area contributed by atoms with Gasteiger partial charge in [0.15, 0.2) is 5.84 Å². The first-order valence-corrected chi connectivity index (χ1v) is 14.7. The highest BCUT2D eigenvalue weighted by molar-refractivity contribution is 6.41. The number of hydrogen-bond donors (Lipinski definition) is 9. The fourth-order valence-electron chi connectivity index (χ4n) is 3.21. The van der Waals surface area contributed by atoms with Crippen LogP contribution < -0.4 is 69.4 Å². The van der Waals surface area contributed by atoms with Crippen molar-refractivity contribution in [2.45, 2.75) is 13.1 Å². The molecule has 2 saturated heterocycles. The molecule has 34 nitrogen and oxygen atoms in total. The van der Waals surface area contributed by atoms with Gasteiger partial charge in [-0.15, -0.1) is 29.8 Å². The van der Waals surface area contributed by atoms with E-state index >= 15 is 0 Å². The first-order chi connectivity index (χ1) is 26.4. The summed E-state index contributed by atoms with van der Waals surface area (Å²) >= 11 is 0. The molecule has 54 heavy (non-hydrogen) atoms. The van der Waals surface area contributed by atoms with E-state index in [0.717, 1.165) is 64.0 Å². The molecular formula is C20H38N22O12-4. The summed E-state index contributed by atoms with van der Waals surface area (Å²) in [7, 11) is 0. The van der Waals surface area contributed by atoms with E-state index in [4.69, 9.17) is 19.6 Å². The molecule has 34 heteroatoms. The van der Waals surface area contributed by atoms with E-state index < -0.39 is 0 Å². The second-order valence-electron chi connectivity index (χ2n) is 8.65. The average molecular weight is 779 g/mol. The molecule has 0 aromatic rings. The third-order valence-corrected chi connectivity index (χ3v) is 5.17. The Morgan fingerprint density at radius 3 is 1.74 bits per heavy atom. The molecule has 0 atom stereocenters. The van der Waals surface area contributed by atoms with Crippen molar-refractivity contribution in [1.29, 1.82) is 0 Å². The van der Waals surface area contributed by atoms with Crippen molar-refractivity contribution in [2.75, 3.05) is 72.0 Å². The number of rotatable bonds is 12. The van der Waals surface area contributed by atoms with Crippen LogP contribution in [0.15, 0.2) is 79.5 Å². The number of hydrazone groups is 2. The summed E-state index contributed by atoms with van der Waals surface area (Å²) in [4.78, 5) is 58.3. The number of hydrogen-bond acceptors (Lipinski definition) is 29. The first kappa shape index (κ1) is 49.7. The van der Waals surface area contributed by atoms with Crippen molar-refractivity contribution in [2.24, 2.45) is 67.1 Å². The predicted octanol–water partition coefficient (Wildman–Crippen LogP) is -6.78. The Kier molecular flexibility index (Phi) is 36.2. The molecule has 5 heterocycles. The summed E-state index contributed by atoms with van der Waals surface area (Å²) in [6.45, 7) is 14.7. The zero-order valence-corrected chi connectivity index (χ0v) is 28.4. The van der Waals surface area contributed by atoms with Crippen molar-refractivity contribution in [3.63, 3.8) is 0 Å². The number of aliphatic imine (C=N–C) groups is 3. The Morgan fingerprint density at radius 2 is 1.33 bits per heavy atom. The van der Waals surface area contributed by atoms with Gasteiger partial charge in [0.1, 0.15) is 39.4 Å². The van der Waals surface area contributed by atoms with Crippen LogP contribution in [0.2, 0.25) is 0 Å². The van der Waals surface area contributed by atoms with Gasteiger partial charge in [0.25, 0.3) is 0 Å². The number of nitroso groups, excluding NO2 is 4. The maximum absolute atomic E-state index is 9.58. The van der Waals surface area contributed by atoms with E-state index in [1.54, 1.807) is 32.3 Å². The molecule has 0 saturated carbocycles. The lowest BCUT2D eigenvalue weighted by molar-refractivity contribution is -0.711. The van der Waals surface area contributed by atoms with Gasteiger partial charge >= 0.3 is 0 Å². The van der Waals surface area contributed by atoms with E-state index in [-0.39, 0.29) is 11.7 Å².